The van der Waals surface area contributed by atoms with Crippen molar-refractivity contribution in [2.45, 2.75) is 43.0 Å². The van der Waals surface area contributed by atoms with E-state index < -0.39 is 9.87 Å². The number of hydrogen-bond donors (Lipinski definition) is 0. The van der Waals surface area contributed by atoms with Crippen LogP contribution in [0.2, 0.25) is 0 Å². The van der Waals surface area contributed by atoms with Gasteiger partial charge in [-0.15, -0.1) is 23.2 Å². The van der Waals surface area contributed by atoms with Gasteiger partial charge in [0.2, 0.25) is 5.91 Å². The summed E-state index contributed by atoms with van der Waals surface area (Å²) in [5, 5.41) is 0. The highest BCUT2D eigenvalue weighted by atomic mass is 35.5. The van der Waals surface area contributed by atoms with E-state index in [2.05, 4.69) is 6.92 Å². The van der Waals surface area contributed by atoms with Crippen LogP contribution in [0.3, 0.4) is 0 Å². The molecule has 0 N–H and O–H groups in total. The standard InChI is InChI=1S/C15H17Cl2NO/c1-9(19)18-11-8-6-5-7-10(11)14(4)12(13(18,2)3)15(14,16)17/h5-8,12H,1-4H3/t12-,14+/m1/s1. The molecule has 4 heteroatoms. The quantitative estimate of drug-likeness (QED) is 0.665. The van der Waals surface area contributed by atoms with Gasteiger partial charge in [0.1, 0.15) is 4.33 Å². The van der Waals surface area contributed by atoms with Gasteiger partial charge in [-0.2, -0.15) is 0 Å². The molecule has 102 valence electrons. The third-order valence-electron chi connectivity index (χ3n) is 4.85. The van der Waals surface area contributed by atoms with E-state index in [9.17, 15) is 4.79 Å². The van der Waals surface area contributed by atoms with E-state index >= 15 is 0 Å². The number of alkyl halides is 2. The van der Waals surface area contributed by atoms with Crippen LogP contribution < -0.4 is 4.90 Å². The van der Waals surface area contributed by atoms with Gasteiger partial charge in [0.05, 0.1) is 0 Å². The molecule has 1 amide bonds. The summed E-state index contributed by atoms with van der Waals surface area (Å²) in [6.45, 7) is 7.77. The van der Waals surface area contributed by atoms with Gasteiger partial charge in [-0.3, -0.25) is 4.79 Å². The molecule has 2 aliphatic rings. The third-order valence-corrected chi connectivity index (χ3v) is 6.07. The first-order valence-electron chi connectivity index (χ1n) is 6.45. The molecule has 1 aliphatic carbocycles. The molecule has 1 aromatic rings. The summed E-state index contributed by atoms with van der Waals surface area (Å²) in [6.07, 6.45) is 0. The highest BCUT2D eigenvalue weighted by Crippen LogP contribution is 2.76. The maximum absolute atomic E-state index is 12.1. The van der Waals surface area contributed by atoms with E-state index in [1.807, 2.05) is 43.0 Å². The number of benzene rings is 1. The first-order valence-corrected chi connectivity index (χ1v) is 7.20. The lowest BCUT2D eigenvalue weighted by molar-refractivity contribution is -0.117. The Hall–Kier alpha value is -0.730. The average Bonchev–Trinajstić information content (AvgIpc) is 2.74. The number of amides is 1. The summed E-state index contributed by atoms with van der Waals surface area (Å²) in [5.74, 6) is 0.0603. The summed E-state index contributed by atoms with van der Waals surface area (Å²) in [4.78, 5) is 13.9. The van der Waals surface area contributed by atoms with E-state index in [1.54, 1.807) is 6.92 Å². The SMILES string of the molecule is CC(=O)N1c2ccccc2[C@@]2(C)[C@@H](C1(C)C)C2(Cl)Cl. The minimum atomic E-state index is -0.823. The van der Waals surface area contributed by atoms with Crippen molar-refractivity contribution >= 4 is 34.8 Å². The Kier molecular flexibility index (Phi) is 2.43. The fourth-order valence-corrected chi connectivity index (χ4v) is 5.42. The van der Waals surface area contributed by atoms with Crippen LogP contribution >= 0.6 is 23.2 Å². The predicted molar refractivity (Wildman–Crippen MR) is 79.0 cm³/mol. The second-order valence-corrected chi connectivity index (χ2v) is 7.67. The fraction of sp³-hybridized carbons (Fsp3) is 0.533. The van der Waals surface area contributed by atoms with Gasteiger partial charge in [0.15, 0.2) is 0 Å². The van der Waals surface area contributed by atoms with Crippen molar-refractivity contribution in [3.8, 4) is 0 Å². The molecule has 0 saturated heterocycles. The van der Waals surface area contributed by atoms with E-state index in [4.69, 9.17) is 23.2 Å². The monoisotopic (exact) mass is 297 g/mol. The Balaban J connectivity index is 2.31. The molecule has 0 unspecified atom stereocenters. The van der Waals surface area contributed by atoms with E-state index in [1.165, 1.54) is 0 Å². The molecular formula is C15H17Cl2NO. The smallest absolute Gasteiger partial charge is 0.224 e. The first-order chi connectivity index (χ1) is 8.66. The van der Waals surface area contributed by atoms with Crippen molar-refractivity contribution in [2.75, 3.05) is 4.90 Å². The number of carbonyl (C=O) groups excluding carboxylic acids is 1. The second kappa shape index (κ2) is 3.48. The Labute approximate surface area is 123 Å². The summed E-state index contributed by atoms with van der Waals surface area (Å²) in [6, 6.07) is 7.92. The van der Waals surface area contributed by atoms with Crippen LogP contribution in [0, 0.1) is 5.92 Å². The molecule has 19 heavy (non-hydrogen) atoms. The van der Waals surface area contributed by atoms with Crippen LogP contribution in [0.1, 0.15) is 33.3 Å². The second-order valence-electron chi connectivity index (χ2n) is 6.28. The topological polar surface area (TPSA) is 20.3 Å². The minimum absolute atomic E-state index is 0.0236. The summed E-state index contributed by atoms with van der Waals surface area (Å²) in [7, 11) is 0. The number of fused-ring (bicyclic) bond motifs is 3. The van der Waals surface area contributed by atoms with Gasteiger partial charge in [-0.25, -0.2) is 0 Å². The molecule has 1 aromatic carbocycles. The van der Waals surface area contributed by atoms with Crippen molar-refractivity contribution in [1.82, 2.24) is 0 Å². The van der Waals surface area contributed by atoms with Crippen LogP contribution in [0.4, 0.5) is 5.69 Å². The normalized spacial score (nSPS) is 33.4. The largest absolute Gasteiger partial charge is 0.306 e. The molecule has 1 heterocycles. The summed E-state index contributed by atoms with van der Waals surface area (Å²) < 4.78 is -0.823. The molecule has 1 saturated carbocycles. The van der Waals surface area contributed by atoms with Crippen molar-refractivity contribution in [2.24, 2.45) is 5.92 Å². The van der Waals surface area contributed by atoms with Crippen molar-refractivity contribution < 1.29 is 4.79 Å². The molecule has 1 aliphatic heterocycles. The fourth-order valence-electron chi connectivity index (χ4n) is 4.14. The zero-order valence-electron chi connectivity index (χ0n) is 11.5. The van der Waals surface area contributed by atoms with Crippen molar-refractivity contribution in [3.63, 3.8) is 0 Å². The number of para-hydroxylation sites is 1. The average molecular weight is 298 g/mol. The van der Waals surface area contributed by atoms with Gasteiger partial charge < -0.3 is 4.90 Å². The van der Waals surface area contributed by atoms with Crippen LogP contribution in [-0.2, 0) is 10.2 Å². The van der Waals surface area contributed by atoms with Crippen molar-refractivity contribution in [1.29, 1.82) is 0 Å². The van der Waals surface area contributed by atoms with Gasteiger partial charge in [0.25, 0.3) is 0 Å². The number of halogens is 2. The lowest BCUT2D eigenvalue weighted by Gasteiger charge is -2.44. The Morgan fingerprint density at radius 2 is 1.79 bits per heavy atom. The predicted octanol–water partition coefficient (Wildman–Crippen LogP) is 3.89. The zero-order chi connectivity index (χ0) is 14.2. The van der Waals surface area contributed by atoms with E-state index in [0.29, 0.717) is 0 Å². The van der Waals surface area contributed by atoms with E-state index in [0.717, 1.165) is 11.3 Å². The number of anilines is 1. The molecule has 3 rings (SSSR count). The van der Waals surface area contributed by atoms with Gasteiger partial charge in [0, 0.05) is 29.5 Å². The van der Waals surface area contributed by atoms with Gasteiger partial charge in [-0.05, 0) is 25.5 Å². The molecule has 0 aromatic heterocycles. The van der Waals surface area contributed by atoms with Crippen LogP contribution in [0.5, 0.6) is 0 Å². The molecule has 0 bridgehead atoms. The van der Waals surface area contributed by atoms with Crippen LogP contribution in [0.25, 0.3) is 0 Å². The number of nitrogens with zero attached hydrogens (tertiary/aromatic N) is 1. The summed E-state index contributed by atoms with van der Waals surface area (Å²) >= 11 is 13.1. The molecular weight excluding hydrogens is 281 g/mol. The maximum Gasteiger partial charge on any atom is 0.224 e. The number of rotatable bonds is 0. The zero-order valence-corrected chi connectivity index (χ0v) is 13.0. The minimum Gasteiger partial charge on any atom is -0.306 e. The van der Waals surface area contributed by atoms with Gasteiger partial charge >= 0.3 is 0 Å². The third kappa shape index (κ3) is 1.32. The highest BCUT2D eigenvalue weighted by Gasteiger charge is 2.81. The first kappa shape index (κ1) is 13.3. The Bertz CT molecular complexity index is 581. The Morgan fingerprint density at radius 3 is 2.37 bits per heavy atom. The lowest BCUT2D eigenvalue weighted by Crippen LogP contribution is -2.53. The molecule has 0 radical (unpaired) electrons. The number of carbonyl (C=O) groups is 1. The maximum atomic E-state index is 12.1. The van der Waals surface area contributed by atoms with Gasteiger partial charge in [-0.1, -0.05) is 25.1 Å². The summed E-state index contributed by atoms with van der Waals surface area (Å²) in [5.41, 5.74) is 1.32. The van der Waals surface area contributed by atoms with Crippen LogP contribution in [-0.4, -0.2) is 15.8 Å². The van der Waals surface area contributed by atoms with E-state index in [-0.39, 0.29) is 17.2 Å². The molecule has 0 spiro atoms. The Morgan fingerprint density at radius 1 is 1.21 bits per heavy atom. The van der Waals surface area contributed by atoms with Crippen LogP contribution in [0.15, 0.2) is 24.3 Å². The molecule has 1 fully saturated rings. The number of hydrogen-bond acceptors (Lipinski definition) is 1. The lowest BCUT2D eigenvalue weighted by atomic mass is 9.80. The molecule has 2 nitrogen and oxygen atoms in total. The molecule has 2 atom stereocenters. The van der Waals surface area contributed by atoms with Crippen molar-refractivity contribution in [3.05, 3.63) is 29.8 Å². The highest BCUT2D eigenvalue weighted by molar-refractivity contribution is 6.53.